The SMILES string of the molecule is Cc1ccc(C(C)C)cc1OCc1cccc(Br)c1. The second-order valence-electron chi connectivity index (χ2n) is 5.10. The number of aryl methyl sites for hydroxylation is 1. The first-order valence-corrected chi connectivity index (χ1v) is 7.33. The molecule has 2 heteroatoms. The van der Waals surface area contributed by atoms with E-state index in [4.69, 9.17) is 4.74 Å². The molecule has 0 bridgehead atoms. The summed E-state index contributed by atoms with van der Waals surface area (Å²) in [5, 5.41) is 0. The van der Waals surface area contributed by atoms with Crippen LogP contribution in [0.25, 0.3) is 0 Å². The molecule has 2 aromatic carbocycles. The molecule has 0 heterocycles. The maximum atomic E-state index is 5.95. The summed E-state index contributed by atoms with van der Waals surface area (Å²) in [6, 6.07) is 14.7. The first-order chi connectivity index (χ1) is 9.06. The van der Waals surface area contributed by atoms with E-state index in [1.165, 1.54) is 16.7 Å². The van der Waals surface area contributed by atoms with Crippen molar-refractivity contribution in [2.24, 2.45) is 0 Å². The van der Waals surface area contributed by atoms with E-state index in [0.717, 1.165) is 10.2 Å². The van der Waals surface area contributed by atoms with Gasteiger partial charge in [-0.3, -0.25) is 0 Å². The molecule has 0 saturated carbocycles. The molecule has 19 heavy (non-hydrogen) atoms. The Hall–Kier alpha value is -1.28. The van der Waals surface area contributed by atoms with Gasteiger partial charge in [0.25, 0.3) is 0 Å². The minimum atomic E-state index is 0.522. The minimum absolute atomic E-state index is 0.522. The Morgan fingerprint density at radius 3 is 2.58 bits per heavy atom. The highest BCUT2D eigenvalue weighted by molar-refractivity contribution is 9.10. The van der Waals surface area contributed by atoms with Crippen molar-refractivity contribution in [2.45, 2.75) is 33.3 Å². The molecule has 1 nitrogen and oxygen atoms in total. The Balaban J connectivity index is 2.12. The van der Waals surface area contributed by atoms with Gasteiger partial charge in [-0.25, -0.2) is 0 Å². The second-order valence-corrected chi connectivity index (χ2v) is 6.01. The first-order valence-electron chi connectivity index (χ1n) is 6.54. The summed E-state index contributed by atoms with van der Waals surface area (Å²) in [5.74, 6) is 1.50. The molecule has 0 saturated heterocycles. The van der Waals surface area contributed by atoms with Gasteiger partial charge in [0.05, 0.1) is 0 Å². The molecule has 0 atom stereocenters. The van der Waals surface area contributed by atoms with E-state index in [1.54, 1.807) is 0 Å². The van der Waals surface area contributed by atoms with E-state index in [1.807, 2.05) is 12.1 Å². The van der Waals surface area contributed by atoms with Crippen molar-refractivity contribution >= 4 is 15.9 Å². The maximum Gasteiger partial charge on any atom is 0.122 e. The lowest BCUT2D eigenvalue weighted by Gasteiger charge is -2.13. The van der Waals surface area contributed by atoms with E-state index in [9.17, 15) is 0 Å². The zero-order valence-corrected chi connectivity index (χ0v) is 13.2. The molecule has 2 aromatic rings. The summed E-state index contributed by atoms with van der Waals surface area (Å²) in [6.45, 7) is 7.08. The normalized spacial score (nSPS) is 10.8. The number of ether oxygens (including phenoxy) is 1. The largest absolute Gasteiger partial charge is 0.489 e. The molecular formula is C17H19BrO. The predicted molar refractivity (Wildman–Crippen MR) is 83.7 cm³/mol. The fourth-order valence-corrected chi connectivity index (χ4v) is 2.37. The predicted octanol–water partition coefficient (Wildman–Crippen LogP) is 5.46. The molecule has 0 aromatic heterocycles. The van der Waals surface area contributed by atoms with Crippen molar-refractivity contribution in [2.75, 3.05) is 0 Å². The molecule has 0 amide bonds. The molecule has 0 N–H and O–H groups in total. The summed E-state index contributed by atoms with van der Waals surface area (Å²) >= 11 is 3.48. The van der Waals surface area contributed by atoms with Crippen LogP contribution in [0, 0.1) is 6.92 Å². The zero-order chi connectivity index (χ0) is 13.8. The van der Waals surface area contributed by atoms with Gasteiger partial charge in [-0.15, -0.1) is 0 Å². The van der Waals surface area contributed by atoms with Gasteiger partial charge in [-0.05, 0) is 47.7 Å². The van der Waals surface area contributed by atoms with Gasteiger partial charge in [0.15, 0.2) is 0 Å². The monoisotopic (exact) mass is 318 g/mol. The molecule has 0 unspecified atom stereocenters. The van der Waals surface area contributed by atoms with Gasteiger partial charge >= 0.3 is 0 Å². The van der Waals surface area contributed by atoms with Crippen LogP contribution >= 0.6 is 15.9 Å². The van der Waals surface area contributed by atoms with E-state index in [0.29, 0.717) is 12.5 Å². The van der Waals surface area contributed by atoms with Gasteiger partial charge in [0.2, 0.25) is 0 Å². The summed E-state index contributed by atoms with van der Waals surface area (Å²) in [7, 11) is 0. The van der Waals surface area contributed by atoms with Crippen LogP contribution in [-0.4, -0.2) is 0 Å². The quantitative estimate of drug-likeness (QED) is 0.727. The van der Waals surface area contributed by atoms with Crippen LogP contribution in [0.4, 0.5) is 0 Å². The minimum Gasteiger partial charge on any atom is -0.489 e. The van der Waals surface area contributed by atoms with E-state index >= 15 is 0 Å². The molecular weight excluding hydrogens is 300 g/mol. The summed E-state index contributed by atoms with van der Waals surface area (Å²) in [6.07, 6.45) is 0. The first kappa shape index (κ1) is 14.1. The Bertz CT molecular complexity index is 561. The lowest BCUT2D eigenvalue weighted by molar-refractivity contribution is 0.303. The molecule has 0 spiro atoms. The third-order valence-corrected chi connectivity index (χ3v) is 3.66. The van der Waals surface area contributed by atoms with Crippen molar-refractivity contribution in [3.63, 3.8) is 0 Å². The lowest BCUT2D eigenvalue weighted by Crippen LogP contribution is -1.98. The topological polar surface area (TPSA) is 9.23 Å². The van der Waals surface area contributed by atoms with Gasteiger partial charge in [-0.2, -0.15) is 0 Å². The highest BCUT2D eigenvalue weighted by Crippen LogP contribution is 2.25. The highest BCUT2D eigenvalue weighted by Gasteiger charge is 2.05. The standard InChI is InChI=1S/C17H19BrO/c1-12(2)15-8-7-13(3)17(10-15)19-11-14-5-4-6-16(18)9-14/h4-10,12H,11H2,1-3H3. The van der Waals surface area contributed by atoms with Crippen LogP contribution in [0.5, 0.6) is 5.75 Å². The van der Waals surface area contributed by atoms with Crippen molar-refractivity contribution in [1.82, 2.24) is 0 Å². The molecule has 0 aliphatic rings. The lowest BCUT2D eigenvalue weighted by atomic mass is 10.0. The van der Waals surface area contributed by atoms with Crippen molar-refractivity contribution in [1.29, 1.82) is 0 Å². The number of halogens is 1. The van der Waals surface area contributed by atoms with Crippen LogP contribution in [0.15, 0.2) is 46.9 Å². The number of benzene rings is 2. The molecule has 2 rings (SSSR count). The molecule has 0 radical (unpaired) electrons. The van der Waals surface area contributed by atoms with Crippen molar-refractivity contribution < 1.29 is 4.74 Å². The fraction of sp³-hybridized carbons (Fsp3) is 0.294. The van der Waals surface area contributed by atoms with E-state index < -0.39 is 0 Å². The number of hydrogen-bond acceptors (Lipinski definition) is 1. The number of rotatable bonds is 4. The van der Waals surface area contributed by atoms with Crippen LogP contribution < -0.4 is 4.74 Å². The van der Waals surface area contributed by atoms with Crippen LogP contribution in [0.3, 0.4) is 0 Å². The van der Waals surface area contributed by atoms with Crippen LogP contribution in [0.2, 0.25) is 0 Å². The van der Waals surface area contributed by atoms with Crippen LogP contribution in [0.1, 0.15) is 36.5 Å². The average molecular weight is 319 g/mol. The zero-order valence-electron chi connectivity index (χ0n) is 11.6. The average Bonchev–Trinajstić information content (AvgIpc) is 2.37. The fourth-order valence-electron chi connectivity index (χ4n) is 1.92. The van der Waals surface area contributed by atoms with Gasteiger partial charge in [0.1, 0.15) is 12.4 Å². The van der Waals surface area contributed by atoms with Crippen LogP contribution in [-0.2, 0) is 6.61 Å². The van der Waals surface area contributed by atoms with E-state index in [-0.39, 0.29) is 0 Å². The van der Waals surface area contributed by atoms with Gasteiger partial charge in [-0.1, -0.05) is 54.0 Å². The third-order valence-electron chi connectivity index (χ3n) is 3.16. The third kappa shape index (κ3) is 3.84. The van der Waals surface area contributed by atoms with Crippen molar-refractivity contribution in [3.05, 3.63) is 63.6 Å². The van der Waals surface area contributed by atoms with Gasteiger partial charge < -0.3 is 4.74 Å². The Kier molecular flexibility index (Phi) is 4.65. The van der Waals surface area contributed by atoms with Crippen molar-refractivity contribution in [3.8, 4) is 5.75 Å². The smallest absolute Gasteiger partial charge is 0.122 e. The van der Waals surface area contributed by atoms with E-state index in [2.05, 4.69) is 67.0 Å². The second kappa shape index (κ2) is 6.25. The highest BCUT2D eigenvalue weighted by atomic mass is 79.9. The molecule has 0 fully saturated rings. The maximum absolute atomic E-state index is 5.95. The van der Waals surface area contributed by atoms with Gasteiger partial charge in [0, 0.05) is 4.47 Å². The summed E-state index contributed by atoms with van der Waals surface area (Å²) < 4.78 is 7.03. The Labute approximate surface area is 123 Å². The Morgan fingerprint density at radius 2 is 1.89 bits per heavy atom. The molecule has 100 valence electrons. The Morgan fingerprint density at radius 1 is 1.11 bits per heavy atom. The molecule has 0 aliphatic heterocycles. The number of hydrogen-bond donors (Lipinski definition) is 0. The summed E-state index contributed by atoms with van der Waals surface area (Å²) in [5.41, 5.74) is 3.66. The molecule has 0 aliphatic carbocycles. The summed E-state index contributed by atoms with van der Waals surface area (Å²) in [4.78, 5) is 0.